The molecule has 1 aliphatic rings. The summed E-state index contributed by atoms with van der Waals surface area (Å²) in [6, 6.07) is 6.71. The highest BCUT2D eigenvalue weighted by Crippen LogP contribution is 2.30. The Kier molecular flexibility index (Phi) is 4.65. The van der Waals surface area contributed by atoms with Crippen LogP contribution < -0.4 is 10.1 Å². The molecule has 2 nitrogen and oxygen atoms in total. The van der Waals surface area contributed by atoms with Crippen molar-refractivity contribution in [3.05, 3.63) is 29.3 Å². The fourth-order valence-corrected chi connectivity index (χ4v) is 2.67. The Hall–Kier alpha value is -1.02. The molecule has 1 N–H and O–H groups in total. The number of ether oxygens (including phenoxy) is 1. The van der Waals surface area contributed by atoms with Crippen LogP contribution in [0.4, 0.5) is 0 Å². The molecule has 18 heavy (non-hydrogen) atoms. The molecular weight excluding hydrogens is 222 g/mol. The van der Waals surface area contributed by atoms with Crippen molar-refractivity contribution in [3.8, 4) is 5.75 Å². The molecule has 1 aromatic rings. The molecule has 2 heteroatoms. The van der Waals surface area contributed by atoms with Gasteiger partial charge in [0.15, 0.2) is 0 Å². The van der Waals surface area contributed by atoms with Gasteiger partial charge in [0.25, 0.3) is 0 Å². The smallest absolute Gasteiger partial charge is 0.122 e. The molecule has 0 bridgehead atoms. The molecule has 1 aliphatic heterocycles. The summed E-state index contributed by atoms with van der Waals surface area (Å²) in [4.78, 5) is 0. The van der Waals surface area contributed by atoms with Gasteiger partial charge in [-0.3, -0.25) is 0 Å². The van der Waals surface area contributed by atoms with Gasteiger partial charge in [0.05, 0.1) is 6.10 Å². The standard InChI is InChI=1S/C16H25NO/c1-12(2)18-16-7-6-15(11-13(16)3)14-5-4-9-17-10-8-14/h6-7,11-12,14,17H,4-5,8-10H2,1-3H3. The summed E-state index contributed by atoms with van der Waals surface area (Å²) in [5.41, 5.74) is 2.74. The number of benzene rings is 1. The molecule has 0 saturated carbocycles. The minimum absolute atomic E-state index is 0.247. The molecule has 0 amide bonds. The fourth-order valence-electron chi connectivity index (χ4n) is 2.67. The normalized spacial score (nSPS) is 20.8. The van der Waals surface area contributed by atoms with E-state index in [2.05, 4.69) is 44.3 Å². The van der Waals surface area contributed by atoms with Gasteiger partial charge in [-0.25, -0.2) is 0 Å². The van der Waals surface area contributed by atoms with Crippen LogP contribution in [0.2, 0.25) is 0 Å². The largest absolute Gasteiger partial charge is 0.491 e. The maximum absolute atomic E-state index is 5.80. The third kappa shape index (κ3) is 3.49. The second kappa shape index (κ2) is 6.24. The molecule has 0 aliphatic carbocycles. The average molecular weight is 247 g/mol. The van der Waals surface area contributed by atoms with Crippen LogP contribution in [0.3, 0.4) is 0 Å². The maximum atomic E-state index is 5.80. The Balaban J connectivity index is 2.11. The van der Waals surface area contributed by atoms with E-state index in [-0.39, 0.29) is 6.10 Å². The quantitative estimate of drug-likeness (QED) is 0.880. The van der Waals surface area contributed by atoms with Crippen LogP contribution in [0.15, 0.2) is 18.2 Å². The fraction of sp³-hybridized carbons (Fsp3) is 0.625. The zero-order valence-corrected chi connectivity index (χ0v) is 11.8. The number of rotatable bonds is 3. The second-order valence-electron chi connectivity index (χ2n) is 5.57. The molecule has 0 aromatic heterocycles. The Labute approximate surface area is 111 Å². The summed E-state index contributed by atoms with van der Waals surface area (Å²) in [5.74, 6) is 1.74. The van der Waals surface area contributed by atoms with Crippen LogP contribution in [-0.2, 0) is 0 Å². The molecule has 1 atom stereocenters. The summed E-state index contributed by atoms with van der Waals surface area (Å²) in [5, 5.41) is 3.47. The monoisotopic (exact) mass is 247 g/mol. The van der Waals surface area contributed by atoms with E-state index < -0.39 is 0 Å². The van der Waals surface area contributed by atoms with Crippen LogP contribution in [0.25, 0.3) is 0 Å². The number of nitrogens with one attached hydrogen (secondary N) is 1. The lowest BCUT2D eigenvalue weighted by Crippen LogP contribution is -2.13. The van der Waals surface area contributed by atoms with Crippen molar-refractivity contribution < 1.29 is 4.74 Å². The second-order valence-corrected chi connectivity index (χ2v) is 5.57. The van der Waals surface area contributed by atoms with E-state index >= 15 is 0 Å². The highest BCUT2D eigenvalue weighted by atomic mass is 16.5. The van der Waals surface area contributed by atoms with Gasteiger partial charge >= 0.3 is 0 Å². The predicted octanol–water partition coefficient (Wildman–Crippen LogP) is 3.64. The average Bonchev–Trinajstić information content (AvgIpc) is 2.60. The van der Waals surface area contributed by atoms with Gasteiger partial charge in [-0.15, -0.1) is 0 Å². The topological polar surface area (TPSA) is 21.3 Å². The van der Waals surface area contributed by atoms with E-state index in [1.807, 2.05) is 0 Å². The molecule has 2 rings (SSSR count). The summed E-state index contributed by atoms with van der Waals surface area (Å²) in [6.45, 7) is 8.61. The first-order chi connectivity index (χ1) is 8.66. The Morgan fingerprint density at radius 3 is 2.78 bits per heavy atom. The van der Waals surface area contributed by atoms with Crippen molar-refractivity contribution in [3.63, 3.8) is 0 Å². The van der Waals surface area contributed by atoms with E-state index in [1.165, 1.54) is 36.9 Å². The van der Waals surface area contributed by atoms with E-state index in [9.17, 15) is 0 Å². The predicted molar refractivity (Wildman–Crippen MR) is 76.4 cm³/mol. The highest BCUT2D eigenvalue weighted by molar-refractivity contribution is 5.37. The highest BCUT2D eigenvalue weighted by Gasteiger charge is 2.15. The van der Waals surface area contributed by atoms with Gasteiger partial charge in [0.1, 0.15) is 5.75 Å². The summed E-state index contributed by atoms with van der Waals surface area (Å²) in [7, 11) is 0. The molecule has 1 heterocycles. The van der Waals surface area contributed by atoms with Gasteiger partial charge in [-0.2, -0.15) is 0 Å². The first kappa shape index (κ1) is 13.4. The summed E-state index contributed by atoms with van der Waals surface area (Å²) >= 11 is 0. The molecule has 1 unspecified atom stereocenters. The van der Waals surface area contributed by atoms with Gasteiger partial charge in [0, 0.05) is 0 Å². The van der Waals surface area contributed by atoms with Gasteiger partial charge in [-0.05, 0) is 76.2 Å². The molecule has 0 radical (unpaired) electrons. The first-order valence-electron chi connectivity index (χ1n) is 7.14. The molecule has 0 spiro atoms. The van der Waals surface area contributed by atoms with Crippen LogP contribution in [-0.4, -0.2) is 19.2 Å². The summed E-state index contributed by atoms with van der Waals surface area (Å²) in [6.07, 6.45) is 4.09. The van der Waals surface area contributed by atoms with Gasteiger partial charge < -0.3 is 10.1 Å². The molecule has 1 saturated heterocycles. The molecule has 100 valence electrons. The third-order valence-corrected chi connectivity index (χ3v) is 3.61. The van der Waals surface area contributed by atoms with Crippen LogP contribution in [0.5, 0.6) is 5.75 Å². The minimum atomic E-state index is 0.247. The Morgan fingerprint density at radius 2 is 2.06 bits per heavy atom. The van der Waals surface area contributed by atoms with Crippen molar-refractivity contribution in [2.75, 3.05) is 13.1 Å². The van der Waals surface area contributed by atoms with Gasteiger partial charge in [-0.1, -0.05) is 12.1 Å². The summed E-state index contributed by atoms with van der Waals surface area (Å²) < 4.78 is 5.80. The Morgan fingerprint density at radius 1 is 1.22 bits per heavy atom. The SMILES string of the molecule is Cc1cc(C2CCCNCC2)ccc1OC(C)C. The van der Waals surface area contributed by atoms with Crippen molar-refractivity contribution >= 4 is 0 Å². The van der Waals surface area contributed by atoms with Crippen molar-refractivity contribution in [1.29, 1.82) is 0 Å². The molecular formula is C16H25NO. The molecule has 1 aromatic carbocycles. The van der Waals surface area contributed by atoms with Crippen LogP contribution >= 0.6 is 0 Å². The lowest BCUT2D eigenvalue weighted by Gasteiger charge is -2.17. The Bertz CT molecular complexity index is 379. The van der Waals surface area contributed by atoms with E-state index in [1.54, 1.807) is 0 Å². The zero-order valence-electron chi connectivity index (χ0n) is 11.8. The number of aryl methyl sites for hydroxylation is 1. The van der Waals surface area contributed by atoms with Crippen LogP contribution in [0.1, 0.15) is 50.2 Å². The molecule has 1 fully saturated rings. The zero-order chi connectivity index (χ0) is 13.0. The van der Waals surface area contributed by atoms with E-state index in [4.69, 9.17) is 4.74 Å². The minimum Gasteiger partial charge on any atom is -0.491 e. The van der Waals surface area contributed by atoms with E-state index in [0.717, 1.165) is 12.3 Å². The lowest BCUT2D eigenvalue weighted by atomic mass is 9.91. The maximum Gasteiger partial charge on any atom is 0.122 e. The number of hydrogen-bond acceptors (Lipinski definition) is 2. The van der Waals surface area contributed by atoms with Crippen molar-refractivity contribution in [2.45, 2.75) is 52.1 Å². The van der Waals surface area contributed by atoms with Crippen molar-refractivity contribution in [2.24, 2.45) is 0 Å². The first-order valence-corrected chi connectivity index (χ1v) is 7.14. The van der Waals surface area contributed by atoms with E-state index in [0.29, 0.717) is 5.92 Å². The van der Waals surface area contributed by atoms with Crippen molar-refractivity contribution in [1.82, 2.24) is 5.32 Å². The third-order valence-electron chi connectivity index (χ3n) is 3.61. The number of hydrogen-bond donors (Lipinski definition) is 1. The lowest BCUT2D eigenvalue weighted by molar-refractivity contribution is 0.240. The van der Waals surface area contributed by atoms with Gasteiger partial charge in [0.2, 0.25) is 0 Å². The van der Waals surface area contributed by atoms with Crippen LogP contribution in [0, 0.1) is 6.92 Å².